The highest BCUT2D eigenvalue weighted by Gasteiger charge is 2.38. The lowest BCUT2D eigenvalue weighted by molar-refractivity contribution is -0.0867. The molecule has 3 aromatic carbocycles. The summed E-state index contributed by atoms with van der Waals surface area (Å²) < 4.78 is 18.9. The van der Waals surface area contributed by atoms with E-state index in [0.29, 0.717) is 13.2 Å². The van der Waals surface area contributed by atoms with Gasteiger partial charge in [0.15, 0.2) is 0 Å². The molecule has 3 heteroatoms. The Morgan fingerprint density at radius 3 is 1.26 bits per heavy atom. The fraction of sp³-hybridized carbons (Fsp3) is 0.538. The summed E-state index contributed by atoms with van der Waals surface area (Å²) in [5.41, 5.74) is 2.57. The minimum absolute atomic E-state index is 0.132. The van der Waals surface area contributed by atoms with Gasteiger partial charge in [0, 0.05) is 13.7 Å². The van der Waals surface area contributed by atoms with E-state index in [1.807, 2.05) is 0 Å². The van der Waals surface area contributed by atoms with Gasteiger partial charge in [0.2, 0.25) is 0 Å². The quantitative estimate of drug-likeness (QED) is 0.0789. The molecule has 0 saturated heterocycles. The molecule has 0 saturated carbocycles. The molecule has 42 heavy (non-hydrogen) atoms. The second kappa shape index (κ2) is 21.3. The first-order chi connectivity index (χ1) is 20.8. The summed E-state index contributed by atoms with van der Waals surface area (Å²) >= 11 is 0. The van der Waals surface area contributed by atoms with Crippen LogP contribution in [-0.4, -0.2) is 33.0 Å². The van der Waals surface area contributed by atoms with Crippen molar-refractivity contribution in [3.63, 3.8) is 0 Å². The van der Waals surface area contributed by atoms with Gasteiger partial charge in [-0.2, -0.15) is 0 Å². The summed E-state index contributed by atoms with van der Waals surface area (Å²) in [6, 6.07) is 31.6. The van der Waals surface area contributed by atoms with Crippen LogP contribution in [0.4, 0.5) is 0 Å². The van der Waals surface area contributed by atoms with Crippen molar-refractivity contribution >= 4 is 0 Å². The maximum Gasteiger partial charge on any atom is 0.143 e. The molecule has 0 N–H and O–H groups in total. The highest BCUT2D eigenvalue weighted by molar-refractivity contribution is 5.47. The summed E-state index contributed by atoms with van der Waals surface area (Å²) in [5, 5.41) is 0. The Bertz CT molecular complexity index is 925. The smallest absolute Gasteiger partial charge is 0.143 e. The SMILES string of the molecule is CCCCCCCCCCCCCCCCOC(COC)COC(c1ccccc1)(c1ccccc1)c1ccccc1. The van der Waals surface area contributed by atoms with E-state index in [1.165, 1.54) is 83.5 Å². The standard InChI is InChI=1S/C39H56O3/c1-3-4-5-6-7-8-9-10-11-12-13-14-15-25-32-41-38(33-40-2)34-42-39(35-26-19-16-20-27-35,36-28-21-17-22-29-36)37-30-23-18-24-31-37/h16-24,26-31,38H,3-15,25,32-34H2,1-2H3. The first-order valence-corrected chi connectivity index (χ1v) is 16.7. The largest absolute Gasteiger partial charge is 0.382 e. The molecule has 1 atom stereocenters. The minimum atomic E-state index is -0.742. The number of hydrogen-bond acceptors (Lipinski definition) is 3. The van der Waals surface area contributed by atoms with Crippen molar-refractivity contribution in [2.24, 2.45) is 0 Å². The Balaban J connectivity index is 1.46. The van der Waals surface area contributed by atoms with Crippen LogP contribution < -0.4 is 0 Å². The number of methoxy groups -OCH3 is 1. The van der Waals surface area contributed by atoms with Gasteiger partial charge in [-0.25, -0.2) is 0 Å². The number of ether oxygens (including phenoxy) is 3. The molecule has 0 aliphatic carbocycles. The topological polar surface area (TPSA) is 27.7 Å². The average molecular weight is 573 g/mol. The molecule has 0 bridgehead atoms. The Hall–Kier alpha value is -2.46. The molecule has 0 aliphatic rings. The maximum atomic E-state index is 6.97. The van der Waals surface area contributed by atoms with E-state index in [-0.39, 0.29) is 6.10 Å². The molecule has 0 aromatic heterocycles. The second-order valence-electron chi connectivity index (χ2n) is 11.6. The monoisotopic (exact) mass is 572 g/mol. The van der Waals surface area contributed by atoms with Crippen LogP contribution in [0.2, 0.25) is 0 Å². The zero-order valence-electron chi connectivity index (χ0n) is 26.5. The predicted molar refractivity (Wildman–Crippen MR) is 177 cm³/mol. The van der Waals surface area contributed by atoms with Crippen LogP contribution in [-0.2, 0) is 19.8 Å². The zero-order chi connectivity index (χ0) is 29.6. The van der Waals surface area contributed by atoms with Crippen LogP contribution in [0.25, 0.3) is 0 Å². The van der Waals surface area contributed by atoms with Gasteiger partial charge in [0.05, 0.1) is 13.2 Å². The normalized spacial score (nSPS) is 12.4. The molecule has 3 aromatic rings. The molecule has 230 valence electrons. The van der Waals surface area contributed by atoms with E-state index >= 15 is 0 Å². The van der Waals surface area contributed by atoms with Crippen molar-refractivity contribution in [3.05, 3.63) is 108 Å². The first kappa shape index (κ1) is 34.0. The summed E-state index contributed by atoms with van der Waals surface area (Å²) in [6.07, 6.45) is 18.9. The molecular formula is C39H56O3. The van der Waals surface area contributed by atoms with E-state index in [9.17, 15) is 0 Å². The lowest BCUT2D eigenvalue weighted by Gasteiger charge is -2.37. The van der Waals surface area contributed by atoms with E-state index in [0.717, 1.165) is 29.7 Å². The van der Waals surface area contributed by atoms with Gasteiger partial charge in [0.25, 0.3) is 0 Å². The molecule has 3 rings (SSSR count). The first-order valence-electron chi connectivity index (χ1n) is 16.7. The van der Waals surface area contributed by atoms with E-state index in [2.05, 4.69) is 97.9 Å². The van der Waals surface area contributed by atoms with Crippen molar-refractivity contribution < 1.29 is 14.2 Å². The molecular weight excluding hydrogens is 516 g/mol. The number of hydrogen-bond donors (Lipinski definition) is 0. The molecule has 3 nitrogen and oxygen atoms in total. The third-order valence-corrected chi connectivity index (χ3v) is 8.23. The van der Waals surface area contributed by atoms with Gasteiger partial charge in [-0.3, -0.25) is 0 Å². The Labute approximate surface area is 257 Å². The molecule has 1 unspecified atom stereocenters. The van der Waals surface area contributed by atoms with Crippen LogP contribution >= 0.6 is 0 Å². The van der Waals surface area contributed by atoms with Gasteiger partial charge >= 0.3 is 0 Å². The van der Waals surface area contributed by atoms with Crippen LogP contribution in [0.1, 0.15) is 114 Å². The Morgan fingerprint density at radius 2 is 0.881 bits per heavy atom. The average Bonchev–Trinajstić information content (AvgIpc) is 3.04. The Morgan fingerprint density at radius 1 is 0.500 bits per heavy atom. The number of benzene rings is 3. The fourth-order valence-electron chi connectivity index (χ4n) is 5.86. The highest BCUT2D eigenvalue weighted by atomic mass is 16.6. The molecule has 0 heterocycles. The second-order valence-corrected chi connectivity index (χ2v) is 11.6. The van der Waals surface area contributed by atoms with Crippen molar-refractivity contribution in [2.45, 2.75) is 109 Å². The third-order valence-electron chi connectivity index (χ3n) is 8.23. The predicted octanol–water partition coefficient (Wildman–Crippen LogP) is 10.5. The molecule has 0 aliphatic heterocycles. The van der Waals surface area contributed by atoms with Crippen molar-refractivity contribution in [2.75, 3.05) is 26.9 Å². The van der Waals surface area contributed by atoms with Gasteiger partial charge in [-0.05, 0) is 23.1 Å². The molecule has 0 spiro atoms. The summed E-state index contributed by atoms with van der Waals surface area (Å²) in [7, 11) is 1.74. The number of unbranched alkanes of at least 4 members (excludes halogenated alkanes) is 13. The number of rotatable bonds is 24. The van der Waals surface area contributed by atoms with E-state index in [1.54, 1.807) is 7.11 Å². The van der Waals surface area contributed by atoms with Crippen LogP contribution in [0.15, 0.2) is 91.0 Å². The zero-order valence-corrected chi connectivity index (χ0v) is 26.5. The summed E-state index contributed by atoms with van der Waals surface area (Å²) in [4.78, 5) is 0. The van der Waals surface area contributed by atoms with Crippen LogP contribution in [0.3, 0.4) is 0 Å². The van der Waals surface area contributed by atoms with Crippen LogP contribution in [0.5, 0.6) is 0 Å². The van der Waals surface area contributed by atoms with E-state index in [4.69, 9.17) is 14.2 Å². The summed E-state index contributed by atoms with van der Waals surface area (Å²) in [5.74, 6) is 0. The Kier molecular flexibility index (Phi) is 17.2. The highest BCUT2D eigenvalue weighted by Crippen LogP contribution is 2.40. The van der Waals surface area contributed by atoms with Gasteiger partial charge in [-0.1, -0.05) is 181 Å². The third kappa shape index (κ3) is 11.7. The summed E-state index contributed by atoms with van der Waals surface area (Å²) in [6.45, 7) is 3.97. The van der Waals surface area contributed by atoms with Crippen LogP contribution in [0, 0.1) is 0 Å². The lowest BCUT2D eigenvalue weighted by Crippen LogP contribution is -2.37. The van der Waals surface area contributed by atoms with Gasteiger partial charge in [-0.15, -0.1) is 0 Å². The van der Waals surface area contributed by atoms with Crippen molar-refractivity contribution in [1.82, 2.24) is 0 Å². The molecule has 0 amide bonds. The minimum Gasteiger partial charge on any atom is -0.382 e. The van der Waals surface area contributed by atoms with Gasteiger partial charge in [0.1, 0.15) is 11.7 Å². The van der Waals surface area contributed by atoms with Crippen molar-refractivity contribution in [3.8, 4) is 0 Å². The molecule has 0 radical (unpaired) electrons. The maximum absolute atomic E-state index is 6.97. The van der Waals surface area contributed by atoms with Crippen molar-refractivity contribution in [1.29, 1.82) is 0 Å². The lowest BCUT2D eigenvalue weighted by atomic mass is 9.80. The van der Waals surface area contributed by atoms with E-state index < -0.39 is 5.60 Å². The fourth-order valence-corrected chi connectivity index (χ4v) is 5.86. The molecule has 0 fully saturated rings. The van der Waals surface area contributed by atoms with Gasteiger partial charge < -0.3 is 14.2 Å².